The highest BCUT2D eigenvalue weighted by atomic mass is 32.2. The molecule has 5 heteroatoms. The van der Waals surface area contributed by atoms with E-state index in [1.165, 1.54) is 0 Å². The topological polar surface area (TPSA) is 66.4 Å². The van der Waals surface area contributed by atoms with Crippen LogP contribution in [-0.4, -0.2) is 31.9 Å². The molecule has 9 heavy (non-hydrogen) atoms. The monoisotopic (exact) mass is 151 g/mol. The molecule has 0 spiro atoms. The Morgan fingerprint density at radius 1 is 1.56 bits per heavy atom. The minimum absolute atomic E-state index is 0.0486. The summed E-state index contributed by atoms with van der Waals surface area (Å²) in [7, 11) is -4.01. The summed E-state index contributed by atoms with van der Waals surface area (Å²) in [5, 5.41) is 0. The molecule has 0 amide bonds. The molecule has 1 aliphatic heterocycles. The summed E-state index contributed by atoms with van der Waals surface area (Å²) in [4.78, 5) is 0. The van der Waals surface area contributed by atoms with Crippen molar-refractivity contribution in [2.45, 2.75) is 0 Å². The van der Waals surface area contributed by atoms with E-state index in [1.807, 2.05) is 0 Å². The van der Waals surface area contributed by atoms with Gasteiger partial charge < -0.3 is 9.29 Å². The van der Waals surface area contributed by atoms with Crippen LogP contribution >= 0.6 is 0 Å². The minimum Gasteiger partial charge on any atom is -0.748 e. The highest BCUT2D eigenvalue weighted by molar-refractivity contribution is 7.85. The molecule has 0 saturated carbocycles. The summed E-state index contributed by atoms with van der Waals surface area (Å²) >= 11 is 0. The average molecular weight is 151 g/mol. The molecule has 0 aromatic carbocycles. The van der Waals surface area contributed by atoms with E-state index < -0.39 is 10.1 Å². The molecule has 1 fully saturated rings. The fourth-order valence-corrected chi connectivity index (χ4v) is 1.44. The zero-order valence-corrected chi connectivity index (χ0v) is 5.56. The predicted molar refractivity (Wildman–Crippen MR) is 28.9 cm³/mol. The largest absolute Gasteiger partial charge is 0.748 e. The summed E-state index contributed by atoms with van der Waals surface area (Å²) in [6, 6.07) is 0. The Labute approximate surface area is 53.6 Å². The van der Waals surface area contributed by atoms with E-state index >= 15 is 0 Å². The minimum atomic E-state index is -4.01. The Hall–Kier alpha value is -0.130. The quantitative estimate of drug-likeness (QED) is 0.483. The van der Waals surface area contributed by atoms with Crippen LogP contribution in [0.15, 0.2) is 0 Å². The van der Waals surface area contributed by atoms with Crippen molar-refractivity contribution in [3.63, 3.8) is 0 Å². The highest BCUT2D eigenvalue weighted by Crippen LogP contribution is 2.11. The maximum atomic E-state index is 10.0. The van der Waals surface area contributed by atoms with Crippen LogP contribution in [0, 0.1) is 5.92 Å². The molecule has 1 heterocycles. The van der Waals surface area contributed by atoms with E-state index in [1.54, 1.807) is 0 Å². The Morgan fingerprint density at radius 2 is 2.11 bits per heavy atom. The molecule has 0 bridgehead atoms. The molecule has 1 rings (SSSR count). The van der Waals surface area contributed by atoms with Gasteiger partial charge in [0, 0.05) is 11.7 Å². The summed E-state index contributed by atoms with van der Waals surface area (Å²) in [6.07, 6.45) is 0. The van der Waals surface area contributed by atoms with Gasteiger partial charge in [0.2, 0.25) is 0 Å². The van der Waals surface area contributed by atoms with Gasteiger partial charge >= 0.3 is 0 Å². The van der Waals surface area contributed by atoms with Gasteiger partial charge in [-0.2, -0.15) is 0 Å². The lowest BCUT2D eigenvalue weighted by Crippen LogP contribution is -2.33. The third kappa shape index (κ3) is 2.30. The molecule has 0 aromatic rings. The van der Waals surface area contributed by atoms with Crippen LogP contribution in [0.1, 0.15) is 0 Å². The van der Waals surface area contributed by atoms with Crippen LogP contribution in [0.3, 0.4) is 0 Å². The van der Waals surface area contributed by atoms with Crippen molar-refractivity contribution in [1.29, 1.82) is 0 Å². The van der Waals surface area contributed by atoms with Gasteiger partial charge in [0.25, 0.3) is 0 Å². The van der Waals surface area contributed by atoms with Gasteiger partial charge in [-0.15, -0.1) is 0 Å². The van der Waals surface area contributed by atoms with Gasteiger partial charge in [0.1, 0.15) is 0 Å². The van der Waals surface area contributed by atoms with E-state index in [9.17, 15) is 13.0 Å². The molecule has 4 nitrogen and oxygen atoms in total. The molecular weight excluding hydrogens is 144 g/mol. The first kappa shape index (κ1) is 6.98. The highest BCUT2D eigenvalue weighted by Gasteiger charge is 2.20. The molecule has 0 unspecified atom stereocenters. The van der Waals surface area contributed by atoms with E-state index in [0.29, 0.717) is 13.2 Å². The Bertz CT molecular complexity index is 179. The molecule has 0 N–H and O–H groups in total. The number of ether oxygens (including phenoxy) is 1. The summed E-state index contributed by atoms with van der Waals surface area (Å²) in [6.45, 7) is 0.836. The van der Waals surface area contributed by atoms with E-state index in [2.05, 4.69) is 4.74 Å². The number of hydrogen-bond acceptors (Lipinski definition) is 4. The standard InChI is InChI=1S/C4H8O4S/c5-9(6,7)3-4-1-8-2-4/h4H,1-3H2,(H,5,6,7)/p-1. The fourth-order valence-electron chi connectivity index (χ4n) is 0.669. The smallest absolute Gasteiger partial charge is 0.0950 e. The van der Waals surface area contributed by atoms with Crippen molar-refractivity contribution < 1.29 is 17.7 Å². The van der Waals surface area contributed by atoms with Crippen LogP contribution in [-0.2, 0) is 14.9 Å². The molecule has 0 aromatic heterocycles. The van der Waals surface area contributed by atoms with Gasteiger partial charge in [-0.3, -0.25) is 0 Å². The van der Waals surface area contributed by atoms with Gasteiger partial charge in [-0.25, -0.2) is 8.42 Å². The first-order chi connectivity index (χ1) is 4.08. The Balaban J connectivity index is 2.33. The first-order valence-corrected chi connectivity index (χ1v) is 4.17. The third-order valence-corrected chi connectivity index (χ3v) is 2.03. The second kappa shape index (κ2) is 2.24. The number of hydrogen-bond donors (Lipinski definition) is 0. The van der Waals surface area contributed by atoms with Crippen LogP contribution in [0.5, 0.6) is 0 Å². The van der Waals surface area contributed by atoms with E-state index in [-0.39, 0.29) is 11.7 Å². The fraction of sp³-hybridized carbons (Fsp3) is 1.00. The summed E-state index contributed by atoms with van der Waals surface area (Å²) < 4.78 is 34.7. The normalized spacial score (nSPS) is 21.4. The van der Waals surface area contributed by atoms with Crippen LogP contribution in [0.2, 0.25) is 0 Å². The van der Waals surface area contributed by atoms with E-state index in [4.69, 9.17) is 0 Å². The molecule has 0 radical (unpaired) electrons. The maximum absolute atomic E-state index is 10.0. The second-order valence-corrected chi connectivity index (χ2v) is 3.58. The van der Waals surface area contributed by atoms with Crippen LogP contribution < -0.4 is 0 Å². The summed E-state index contributed by atoms with van der Waals surface area (Å²) in [5.74, 6) is -0.319. The third-order valence-electron chi connectivity index (χ3n) is 1.15. The lowest BCUT2D eigenvalue weighted by molar-refractivity contribution is -0.0210. The average Bonchev–Trinajstić information content (AvgIpc) is 1.53. The van der Waals surface area contributed by atoms with Gasteiger partial charge in [0.05, 0.1) is 23.3 Å². The van der Waals surface area contributed by atoms with Crippen molar-refractivity contribution in [2.75, 3.05) is 19.0 Å². The zero-order valence-electron chi connectivity index (χ0n) is 4.74. The molecule has 1 saturated heterocycles. The van der Waals surface area contributed by atoms with Crippen LogP contribution in [0.25, 0.3) is 0 Å². The van der Waals surface area contributed by atoms with Crippen molar-refractivity contribution in [1.82, 2.24) is 0 Å². The Kier molecular flexibility index (Phi) is 1.74. The molecule has 0 aliphatic carbocycles. The lowest BCUT2D eigenvalue weighted by atomic mass is 10.1. The van der Waals surface area contributed by atoms with Crippen molar-refractivity contribution in [3.05, 3.63) is 0 Å². The lowest BCUT2D eigenvalue weighted by Gasteiger charge is -2.26. The summed E-state index contributed by atoms with van der Waals surface area (Å²) in [5.41, 5.74) is 0. The maximum Gasteiger partial charge on any atom is 0.0950 e. The molecule has 1 aliphatic rings. The van der Waals surface area contributed by atoms with Gasteiger partial charge in [0.15, 0.2) is 0 Å². The molecule has 54 valence electrons. The van der Waals surface area contributed by atoms with Crippen molar-refractivity contribution in [3.8, 4) is 0 Å². The SMILES string of the molecule is O=S(=O)([O-])CC1COC1. The Morgan fingerprint density at radius 3 is 2.22 bits per heavy atom. The second-order valence-electron chi connectivity index (χ2n) is 2.13. The van der Waals surface area contributed by atoms with Gasteiger partial charge in [-0.1, -0.05) is 0 Å². The number of rotatable bonds is 2. The zero-order chi connectivity index (χ0) is 6.91. The van der Waals surface area contributed by atoms with Crippen LogP contribution in [0.4, 0.5) is 0 Å². The predicted octanol–water partition coefficient (Wildman–Crippen LogP) is -0.822. The molecular formula is C4H7O4S-. The van der Waals surface area contributed by atoms with Gasteiger partial charge in [-0.05, 0) is 0 Å². The van der Waals surface area contributed by atoms with E-state index in [0.717, 1.165) is 0 Å². The van der Waals surface area contributed by atoms with Crippen molar-refractivity contribution in [2.24, 2.45) is 5.92 Å². The molecule has 0 atom stereocenters. The van der Waals surface area contributed by atoms with Crippen molar-refractivity contribution >= 4 is 10.1 Å². The first-order valence-electron chi connectivity index (χ1n) is 2.59.